The van der Waals surface area contributed by atoms with E-state index < -0.39 is 6.10 Å². The molecule has 0 aliphatic carbocycles. The van der Waals surface area contributed by atoms with E-state index in [-0.39, 0.29) is 0 Å². The highest BCUT2D eigenvalue weighted by Gasteiger charge is 2.12. The molecule has 0 amide bonds. The van der Waals surface area contributed by atoms with E-state index in [1.807, 2.05) is 19.2 Å². The van der Waals surface area contributed by atoms with Gasteiger partial charge in [-0.3, -0.25) is 0 Å². The number of nitrogens with zero attached hydrogens (tertiary/aromatic N) is 3. The van der Waals surface area contributed by atoms with Gasteiger partial charge in [0.1, 0.15) is 11.9 Å². The number of thiazole rings is 1. The summed E-state index contributed by atoms with van der Waals surface area (Å²) in [6.07, 6.45) is 1.57. The number of aromatic nitrogens is 3. The molecule has 2 aromatic rings. The number of aryl methyl sites for hydroxylation is 2. The molecule has 0 radical (unpaired) electrons. The van der Waals surface area contributed by atoms with E-state index in [9.17, 15) is 5.11 Å². The summed E-state index contributed by atoms with van der Waals surface area (Å²) in [5, 5.41) is 12.9. The summed E-state index contributed by atoms with van der Waals surface area (Å²) in [7, 11) is 0. The van der Waals surface area contributed by atoms with E-state index in [2.05, 4.69) is 15.0 Å². The molecule has 0 aliphatic heterocycles. The SMILES string of the molecule is Cc1csc(CC(O)c2ccnc(C)n2)n1. The molecule has 2 aromatic heterocycles. The van der Waals surface area contributed by atoms with Crippen molar-refractivity contribution in [1.82, 2.24) is 15.0 Å². The van der Waals surface area contributed by atoms with Crippen LogP contribution in [0.2, 0.25) is 0 Å². The van der Waals surface area contributed by atoms with Crippen LogP contribution in [0.3, 0.4) is 0 Å². The minimum atomic E-state index is -0.604. The lowest BCUT2D eigenvalue weighted by atomic mass is 10.2. The van der Waals surface area contributed by atoms with Crippen molar-refractivity contribution in [2.75, 3.05) is 0 Å². The minimum Gasteiger partial charge on any atom is -0.386 e. The van der Waals surface area contributed by atoms with E-state index in [0.29, 0.717) is 17.9 Å². The molecule has 0 spiro atoms. The predicted octanol–water partition coefficient (Wildman–Crippen LogP) is 1.83. The Morgan fingerprint density at radius 1 is 1.38 bits per heavy atom. The van der Waals surface area contributed by atoms with E-state index in [1.54, 1.807) is 23.6 Å². The van der Waals surface area contributed by atoms with E-state index in [0.717, 1.165) is 10.7 Å². The van der Waals surface area contributed by atoms with Gasteiger partial charge in [-0.25, -0.2) is 15.0 Å². The standard InChI is InChI=1S/C11H13N3OS/c1-7-6-16-11(13-7)5-10(15)9-3-4-12-8(2)14-9/h3-4,6,10,15H,5H2,1-2H3. The zero-order valence-electron chi connectivity index (χ0n) is 9.21. The molecule has 16 heavy (non-hydrogen) atoms. The highest BCUT2D eigenvalue weighted by molar-refractivity contribution is 7.09. The first kappa shape index (κ1) is 11.2. The fourth-order valence-electron chi connectivity index (χ4n) is 1.43. The topological polar surface area (TPSA) is 58.9 Å². The highest BCUT2D eigenvalue weighted by Crippen LogP contribution is 2.18. The van der Waals surface area contributed by atoms with Crippen molar-refractivity contribution in [3.05, 3.63) is 39.9 Å². The Morgan fingerprint density at radius 3 is 2.81 bits per heavy atom. The van der Waals surface area contributed by atoms with E-state index in [4.69, 9.17) is 0 Å². The largest absolute Gasteiger partial charge is 0.386 e. The van der Waals surface area contributed by atoms with Gasteiger partial charge in [0.25, 0.3) is 0 Å². The number of rotatable bonds is 3. The molecule has 0 saturated heterocycles. The van der Waals surface area contributed by atoms with Crippen LogP contribution in [0, 0.1) is 13.8 Å². The first-order chi connectivity index (χ1) is 7.65. The lowest BCUT2D eigenvalue weighted by Crippen LogP contribution is -2.05. The van der Waals surface area contributed by atoms with E-state index >= 15 is 0 Å². The molecule has 1 unspecified atom stereocenters. The normalized spacial score (nSPS) is 12.7. The van der Waals surface area contributed by atoms with Crippen LogP contribution in [0.5, 0.6) is 0 Å². The smallest absolute Gasteiger partial charge is 0.125 e. The third-order valence-electron chi connectivity index (χ3n) is 2.17. The van der Waals surface area contributed by atoms with Crippen molar-refractivity contribution in [2.45, 2.75) is 26.4 Å². The van der Waals surface area contributed by atoms with Crippen LogP contribution in [0.4, 0.5) is 0 Å². The Hall–Kier alpha value is -1.33. The lowest BCUT2D eigenvalue weighted by Gasteiger charge is -2.07. The lowest BCUT2D eigenvalue weighted by molar-refractivity contribution is 0.173. The minimum absolute atomic E-state index is 0.509. The van der Waals surface area contributed by atoms with Crippen LogP contribution < -0.4 is 0 Å². The molecular weight excluding hydrogens is 222 g/mol. The summed E-state index contributed by atoms with van der Waals surface area (Å²) in [6, 6.07) is 1.73. The van der Waals surface area contributed by atoms with Gasteiger partial charge in [0.15, 0.2) is 0 Å². The van der Waals surface area contributed by atoms with Crippen molar-refractivity contribution in [2.24, 2.45) is 0 Å². The predicted molar refractivity (Wildman–Crippen MR) is 62.3 cm³/mol. The van der Waals surface area contributed by atoms with Gasteiger partial charge in [0, 0.05) is 23.7 Å². The van der Waals surface area contributed by atoms with Crippen LogP contribution in [0.15, 0.2) is 17.6 Å². The average Bonchev–Trinajstić information content (AvgIpc) is 2.64. The molecule has 5 heteroatoms. The van der Waals surface area contributed by atoms with Gasteiger partial charge in [0.05, 0.1) is 10.7 Å². The van der Waals surface area contributed by atoms with Crippen LogP contribution in [0.1, 0.15) is 28.3 Å². The molecule has 0 saturated carbocycles. The maximum Gasteiger partial charge on any atom is 0.125 e. The second kappa shape index (κ2) is 4.67. The Bertz CT molecular complexity index is 484. The third-order valence-corrected chi connectivity index (χ3v) is 3.16. The van der Waals surface area contributed by atoms with Crippen molar-refractivity contribution in [3.63, 3.8) is 0 Å². The summed E-state index contributed by atoms with van der Waals surface area (Å²) in [6.45, 7) is 3.75. The van der Waals surface area contributed by atoms with Crippen LogP contribution in [-0.4, -0.2) is 20.1 Å². The van der Waals surface area contributed by atoms with Gasteiger partial charge in [0.2, 0.25) is 0 Å². The number of aliphatic hydroxyl groups excluding tert-OH is 1. The average molecular weight is 235 g/mol. The second-order valence-corrected chi connectivity index (χ2v) is 4.57. The van der Waals surface area contributed by atoms with Gasteiger partial charge in [-0.2, -0.15) is 0 Å². The van der Waals surface area contributed by atoms with Gasteiger partial charge >= 0.3 is 0 Å². The van der Waals surface area contributed by atoms with Gasteiger partial charge in [-0.1, -0.05) is 0 Å². The number of hydrogen-bond acceptors (Lipinski definition) is 5. The van der Waals surface area contributed by atoms with Crippen LogP contribution >= 0.6 is 11.3 Å². The van der Waals surface area contributed by atoms with Crippen molar-refractivity contribution >= 4 is 11.3 Å². The Kier molecular flexibility index (Phi) is 3.26. The van der Waals surface area contributed by atoms with Crippen molar-refractivity contribution in [3.8, 4) is 0 Å². The van der Waals surface area contributed by atoms with Crippen LogP contribution in [-0.2, 0) is 6.42 Å². The molecule has 1 atom stereocenters. The second-order valence-electron chi connectivity index (χ2n) is 3.63. The molecule has 1 N–H and O–H groups in total. The molecule has 4 nitrogen and oxygen atoms in total. The maximum atomic E-state index is 9.98. The van der Waals surface area contributed by atoms with Crippen molar-refractivity contribution in [1.29, 1.82) is 0 Å². The highest BCUT2D eigenvalue weighted by atomic mass is 32.1. The molecule has 84 valence electrons. The zero-order valence-corrected chi connectivity index (χ0v) is 10.0. The summed E-state index contributed by atoms with van der Waals surface area (Å²) < 4.78 is 0. The van der Waals surface area contributed by atoms with Gasteiger partial charge in [-0.05, 0) is 19.9 Å². The van der Waals surface area contributed by atoms with Crippen LogP contribution in [0.25, 0.3) is 0 Å². The van der Waals surface area contributed by atoms with Gasteiger partial charge in [-0.15, -0.1) is 11.3 Å². The summed E-state index contributed by atoms with van der Waals surface area (Å²) in [5.74, 6) is 0.673. The molecule has 0 fully saturated rings. The Morgan fingerprint density at radius 2 is 2.19 bits per heavy atom. The summed E-state index contributed by atoms with van der Waals surface area (Å²) in [5.41, 5.74) is 1.64. The number of aliphatic hydroxyl groups is 1. The van der Waals surface area contributed by atoms with Crippen molar-refractivity contribution < 1.29 is 5.11 Å². The molecule has 0 bridgehead atoms. The molecular formula is C11H13N3OS. The van der Waals surface area contributed by atoms with E-state index in [1.165, 1.54) is 0 Å². The Labute approximate surface area is 98.0 Å². The molecule has 0 aliphatic rings. The summed E-state index contributed by atoms with van der Waals surface area (Å²) >= 11 is 1.56. The summed E-state index contributed by atoms with van der Waals surface area (Å²) in [4.78, 5) is 12.5. The molecule has 2 heterocycles. The first-order valence-corrected chi connectivity index (χ1v) is 5.92. The molecule has 0 aromatic carbocycles. The number of hydrogen-bond donors (Lipinski definition) is 1. The Balaban J connectivity index is 2.11. The maximum absolute atomic E-state index is 9.98. The fourth-order valence-corrected chi connectivity index (χ4v) is 2.24. The fraction of sp³-hybridized carbons (Fsp3) is 0.364. The quantitative estimate of drug-likeness (QED) is 0.881. The zero-order chi connectivity index (χ0) is 11.5. The monoisotopic (exact) mass is 235 g/mol. The third kappa shape index (κ3) is 2.62. The first-order valence-electron chi connectivity index (χ1n) is 5.04. The van der Waals surface area contributed by atoms with Gasteiger partial charge < -0.3 is 5.11 Å². The molecule has 2 rings (SSSR count).